The highest BCUT2D eigenvalue weighted by molar-refractivity contribution is 7.85. The molecule has 0 saturated carbocycles. The monoisotopic (exact) mass is 521 g/mol. The van der Waals surface area contributed by atoms with Gasteiger partial charge >= 0.3 is 5.97 Å². The van der Waals surface area contributed by atoms with E-state index in [2.05, 4.69) is 12.2 Å². The van der Waals surface area contributed by atoms with Gasteiger partial charge in [-0.2, -0.15) is 8.42 Å². The Morgan fingerprint density at radius 1 is 0.657 bits per heavy atom. The standard InChI is InChI=1S/C27H55NO2.CH4O3S/c1-4-5-6-7-8-9-10-11-12-13-14-15-16-17-18-19-20-21-22-23-24-28-26(25(2)3)27(29)30;1-5(2,3)4/h25-26,28H,4-24H2,1-3H3,(H,29,30);1H3,(H,2,3,4)/t26-;/m0./s1. The first-order chi connectivity index (χ1) is 16.6. The highest BCUT2D eigenvalue weighted by atomic mass is 32.2. The highest BCUT2D eigenvalue weighted by Crippen LogP contribution is 2.14. The zero-order valence-electron chi connectivity index (χ0n) is 23.5. The molecule has 0 aromatic rings. The summed E-state index contributed by atoms with van der Waals surface area (Å²) in [6, 6.07) is -0.398. The number of hydrogen-bond donors (Lipinski definition) is 3. The molecule has 35 heavy (non-hydrogen) atoms. The van der Waals surface area contributed by atoms with Crippen LogP contribution >= 0.6 is 0 Å². The molecule has 7 heteroatoms. The van der Waals surface area contributed by atoms with E-state index < -0.39 is 22.1 Å². The van der Waals surface area contributed by atoms with Crippen LogP contribution in [0.3, 0.4) is 0 Å². The summed E-state index contributed by atoms with van der Waals surface area (Å²) < 4.78 is 25.9. The lowest BCUT2D eigenvalue weighted by molar-refractivity contribution is -0.140. The van der Waals surface area contributed by atoms with E-state index in [1.807, 2.05) is 13.8 Å². The molecule has 3 N–H and O–H groups in total. The fourth-order valence-corrected chi connectivity index (χ4v) is 4.25. The Hall–Kier alpha value is -0.660. The predicted octanol–water partition coefficient (Wildman–Crippen LogP) is 8.01. The van der Waals surface area contributed by atoms with Gasteiger partial charge in [-0.3, -0.25) is 9.35 Å². The lowest BCUT2D eigenvalue weighted by Gasteiger charge is -2.17. The van der Waals surface area contributed by atoms with Crippen molar-refractivity contribution >= 4 is 16.1 Å². The van der Waals surface area contributed by atoms with Crippen LogP contribution in [-0.4, -0.2) is 42.9 Å². The summed E-state index contributed by atoms with van der Waals surface area (Å²) in [6.45, 7) is 7.04. The molecule has 0 amide bonds. The Balaban J connectivity index is 0. The van der Waals surface area contributed by atoms with Crippen LogP contribution in [0.2, 0.25) is 0 Å². The molecular weight excluding hydrogens is 462 g/mol. The van der Waals surface area contributed by atoms with Crippen molar-refractivity contribution in [2.24, 2.45) is 5.92 Å². The van der Waals surface area contributed by atoms with E-state index in [-0.39, 0.29) is 5.92 Å². The van der Waals surface area contributed by atoms with Crippen molar-refractivity contribution in [3.63, 3.8) is 0 Å². The van der Waals surface area contributed by atoms with Crippen molar-refractivity contribution in [2.45, 2.75) is 155 Å². The number of rotatable bonds is 24. The summed E-state index contributed by atoms with van der Waals surface area (Å²) in [4.78, 5) is 11.1. The Morgan fingerprint density at radius 3 is 1.14 bits per heavy atom. The normalized spacial score (nSPS) is 12.4. The van der Waals surface area contributed by atoms with Gasteiger partial charge in [0.15, 0.2) is 0 Å². The number of carbonyl (C=O) groups is 1. The summed E-state index contributed by atoms with van der Waals surface area (Å²) in [7, 11) is -3.67. The highest BCUT2D eigenvalue weighted by Gasteiger charge is 2.19. The molecule has 6 nitrogen and oxygen atoms in total. The van der Waals surface area contributed by atoms with E-state index in [0.717, 1.165) is 13.0 Å². The first-order valence-corrected chi connectivity index (χ1v) is 16.3. The van der Waals surface area contributed by atoms with Crippen LogP contribution in [-0.2, 0) is 14.9 Å². The molecule has 0 rings (SSSR count). The fourth-order valence-electron chi connectivity index (χ4n) is 4.25. The van der Waals surface area contributed by atoms with E-state index in [0.29, 0.717) is 6.26 Å². The van der Waals surface area contributed by atoms with Crippen molar-refractivity contribution in [3.8, 4) is 0 Å². The van der Waals surface area contributed by atoms with Gasteiger partial charge in [0.1, 0.15) is 6.04 Å². The van der Waals surface area contributed by atoms with Crippen LogP contribution in [0.4, 0.5) is 0 Å². The summed E-state index contributed by atoms with van der Waals surface area (Å²) in [5.74, 6) is -0.578. The zero-order chi connectivity index (χ0) is 26.8. The summed E-state index contributed by atoms with van der Waals surface area (Å²) in [5.41, 5.74) is 0. The zero-order valence-corrected chi connectivity index (χ0v) is 24.3. The second kappa shape index (κ2) is 26.4. The lowest BCUT2D eigenvalue weighted by atomic mass is 10.0. The summed E-state index contributed by atoms with van der Waals surface area (Å²) in [5, 5.41) is 12.3. The molecular formula is C28H59NO5S. The van der Waals surface area contributed by atoms with Gasteiger partial charge in [0, 0.05) is 0 Å². The van der Waals surface area contributed by atoms with Gasteiger partial charge in [-0.25, -0.2) is 0 Å². The molecule has 0 aliphatic rings. The van der Waals surface area contributed by atoms with Gasteiger partial charge in [-0.15, -0.1) is 0 Å². The fraction of sp³-hybridized carbons (Fsp3) is 0.964. The van der Waals surface area contributed by atoms with Gasteiger partial charge in [0.2, 0.25) is 0 Å². The number of carboxylic acids is 1. The van der Waals surface area contributed by atoms with E-state index in [1.54, 1.807) is 0 Å². The van der Waals surface area contributed by atoms with Crippen molar-refractivity contribution in [1.29, 1.82) is 0 Å². The molecule has 0 fully saturated rings. The van der Waals surface area contributed by atoms with Crippen LogP contribution in [0, 0.1) is 5.92 Å². The van der Waals surface area contributed by atoms with Gasteiger partial charge in [0.25, 0.3) is 10.1 Å². The second-order valence-electron chi connectivity index (χ2n) is 10.5. The van der Waals surface area contributed by atoms with Crippen LogP contribution in [0.5, 0.6) is 0 Å². The van der Waals surface area contributed by atoms with Crippen LogP contribution in [0.1, 0.15) is 149 Å². The largest absolute Gasteiger partial charge is 0.480 e. The number of nitrogens with one attached hydrogen (secondary N) is 1. The number of aliphatic carboxylic acids is 1. The molecule has 0 saturated heterocycles. The molecule has 0 aromatic carbocycles. The Kier molecular flexibility index (Phi) is 27.5. The molecule has 0 aliphatic carbocycles. The minimum Gasteiger partial charge on any atom is -0.480 e. The van der Waals surface area contributed by atoms with E-state index in [4.69, 9.17) is 9.66 Å². The first kappa shape index (κ1) is 36.5. The SMILES string of the molecule is CCCCCCCCCCCCCCCCCCCCCCN[C@H](C(=O)O)C(C)C.CS(=O)(=O)O. The molecule has 0 unspecified atom stereocenters. The third-order valence-electron chi connectivity index (χ3n) is 6.33. The van der Waals surface area contributed by atoms with Crippen LogP contribution in [0.25, 0.3) is 0 Å². The quantitative estimate of drug-likeness (QED) is 0.0877. The van der Waals surface area contributed by atoms with Gasteiger partial charge in [-0.1, -0.05) is 143 Å². The van der Waals surface area contributed by atoms with Crippen LogP contribution < -0.4 is 5.32 Å². The Bertz CT molecular complexity index is 544. The maximum atomic E-state index is 11.1. The second-order valence-corrected chi connectivity index (χ2v) is 11.9. The average molecular weight is 522 g/mol. The summed E-state index contributed by atoms with van der Waals surface area (Å²) >= 11 is 0. The lowest BCUT2D eigenvalue weighted by Crippen LogP contribution is -2.41. The topological polar surface area (TPSA) is 104 Å². The molecule has 0 spiro atoms. The van der Waals surface area contributed by atoms with E-state index in [9.17, 15) is 13.2 Å². The van der Waals surface area contributed by atoms with Crippen molar-refractivity contribution in [3.05, 3.63) is 0 Å². The number of unbranched alkanes of at least 4 members (excludes halogenated alkanes) is 19. The van der Waals surface area contributed by atoms with Gasteiger partial charge in [0.05, 0.1) is 6.26 Å². The van der Waals surface area contributed by atoms with Crippen molar-refractivity contribution in [1.82, 2.24) is 5.32 Å². The third kappa shape index (κ3) is 35.6. The number of hydrogen-bond acceptors (Lipinski definition) is 4. The maximum Gasteiger partial charge on any atom is 0.320 e. The van der Waals surface area contributed by atoms with E-state index >= 15 is 0 Å². The summed E-state index contributed by atoms with van der Waals surface area (Å²) in [6.07, 6.45) is 28.5. The molecule has 0 aromatic heterocycles. The molecule has 0 bridgehead atoms. The first-order valence-electron chi connectivity index (χ1n) is 14.5. The van der Waals surface area contributed by atoms with Gasteiger partial charge < -0.3 is 10.4 Å². The van der Waals surface area contributed by atoms with Crippen molar-refractivity contribution < 1.29 is 22.9 Å². The molecule has 0 heterocycles. The van der Waals surface area contributed by atoms with Gasteiger partial charge in [-0.05, 0) is 18.9 Å². The Labute approximate surface area is 218 Å². The smallest absolute Gasteiger partial charge is 0.320 e. The minimum absolute atomic E-state index is 0.146. The van der Waals surface area contributed by atoms with Crippen molar-refractivity contribution in [2.75, 3.05) is 12.8 Å². The maximum absolute atomic E-state index is 11.1. The molecule has 0 radical (unpaired) electrons. The average Bonchev–Trinajstić information content (AvgIpc) is 2.75. The predicted molar refractivity (Wildman–Crippen MR) is 150 cm³/mol. The Morgan fingerprint density at radius 2 is 0.914 bits per heavy atom. The molecule has 212 valence electrons. The number of carboxylic acid groups (broad SMARTS) is 1. The molecule has 1 atom stereocenters. The molecule has 0 aliphatic heterocycles. The van der Waals surface area contributed by atoms with Crippen LogP contribution in [0.15, 0.2) is 0 Å². The van der Waals surface area contributed by atoms with E-state index in [1.165, 1.54) is 122 Å². The third-order valence-corrected chi connectivity index (χ3v) is 6.33. The minimum atomic E-state index is -3.67.